The van der Waals surface area contributed by atoms with Crippen LogP contribution in [0.2, 0.25) is 0 Å². The maximum atomic E-state index is 13.7. The van der Waals surface area contributed by atoms with Gasteiger partial charge < -0.3 is 24.6 Å². The van der Waals surface area contributed by atoms with Crippen LogP contribution in [0, 0.1) is 5.82 Å². The predicted octanol–water partition coefficient (Wildman–Crippen LogP) is 3.36. The van der Waals surface area contributed by atoms with E-state index in [1.54, 1.807) is 0 Å². The predicted molar refractivity (Wildman–Crippen MR) is 123 cm³/mol. The van der Waals surface area contributed by atoms with Gasteiger partial charge in [-0.15, -0.1) is 0 Å². The van der Waals surface area contributed by atoms with Crippen molar-refractivity contribution < 1.29 is 37.7 Å². The molecule has 3 rings (SSSR count). The third kappa shape index (κ3) is 6.10. The number of aromatic nitrogens is 1. The zero-order valence-corrected chi connectivity index (χ0v) is 19.1. The lowest BCUT2D eigenvalue weighted by molar-refractivity contribution is 0.0902. The Bertz CT molecular complexity index is 1220. The first kappa shape index (κ1) is 25.6. The summed E-state index contributed by atoms with van der Waals surface area (Å²) >= 11 is 0. The number of aliphatic hydroxyl groups is 1. The molecule has 0 saturated carbocycles. The monoisotopic (exact) mass is 486 g/mol. The molecule has 0 aliphatic carbocycles. The fourth-order valence-corrected chi connectivity index (χ4v) is 3.23. The van der Waals surface area contributed by atoms with E-state index in [-0.39, 0.29) is 42.3 Å². The molecule has 1 heterocycles. The molecule has 0 spiro atoms. The summed E-state index contributed by atoms with van der Waals surface area (Å²) in [5.41, 5.74) is 0.753. The van der Waals surface area contributed by atoms with Crippen LogP contribution in [0.4, 0.5) is 8.78 Å². The van der Waals surface area contributed by atoms with Crippen molar-refractivity contribution in [1.29, 1.82) is 0 Å². The highest BCUT2D eigenvalue weighted by atomic mass is 19.1. The van der Waals surface area contributed by atoms with Crippen LogP contribution in [0.3, 0.4) is 0 Å². The number of Topliss-reactive ketones (excluding diaryl/α,β-unsaturated/α-hetero) is 1. The summed E-state index contributed by atoms with van der Waals surface area (Å²) in [5, 5.41) is 11.4. The Balaban J connectivity index is 1.76. The quantitative estimate of drug-likeness (QED) is 0.400. The number of hydrogen-bond donors (Lipinski definition) is 2. The highest BCUT2D eigenvalue weighted by Crippen LogP contribution is 2.30. The van der Waals surface area contributed by atoms with E-state index < -0.39 is 24.2 Å². The maximum absolute atomic E-state index is 13.7. The number of rotatable bonds is 11. The molecule has 0 radical (unpaired) electrons. The van der Waals surface area contributed by atoms with Crippen molar-refractivity contribution in [2.75, 3.05) is 34.0 Å². The number of benzene rings is 2. The number of ketones is 1. The molecule has 0 fully saturated rings. The molecule has 0 saturated heterocycles. The fraction of sp³-hybridized carbons (Fsp3) is 0.240. The lowest BCUT2D eigenvalue weighted by Crippen LogP contribution is -2.30. The Hall–Kier alpha value is -4.05. The van der Waals surface area contributed by atoms with Crippen molar-refractivity contribution >= 4 is 11.7 Å². The molecule has 2 aromatic carbocycles. The minimum absolute atomic E-state index is 0.0394. The standard InChI is InChI=1S/C25H24F2N2O6/c1-33-22-8-6-19(29-24(22)15-3-5-18(27)17(11-15)13-26)20(31)14-28-25(32)16-4-7-21(35-10-9-30)23(12-16)34-2/h3-8,11-12,30H,9-10,13-14H2,1-2H3,(H,28,32). The third-order valence-corrected chi connectivity index (χ3v) is 5.01. The van der Waals surface area contributed by atoms with Gasteiger partial charge in [0.1, 0.15) is 36.2 Å². The van der Waals surface area contributed by atoms with Gasteiger partial charge in [-0.25, -0.2) is 13.8 Å². The van der Waals surface area contributed by atoms with Gasteiger partial charge >= 0.3 is 0 Å². The largest absolute Gasteiger partial charge is 0.494 e. The summed E-state index contributed by atoms with van der Waals surface area (Å²) in [5.74, 6) is -0.714. The molecule has 8 nitrogen and oxygen atoms in total. The molecular weight excluding hydrogens is 462 g/mol. The first-order valence-electron chi connectivity index (χ1n) is 10.5. The number of carbonyl (C=O) groups excluding carboxylic acids is 2. The number of ether oxygens (including phenoxy) is 3. The van der Waals surface area contributed by atoms with Crippen LogP contribution in [0.1, 0.15) is 26.4 Å². The maximum Gasteiger partial charge on any atom is 0.251 e. The molecule has 3 aromatic rings. The molecule has 184 valence electrons. The number of nitrogens with one attached hydrogen (secondary N) is 1. The van der Waals surface area contributed by atoms with Crippen molar-refractivity contribution in [3.05, 3.63) is 71.2 Å². The summed E-state index contributed by atoms with van der Waals surface area (Å²) in [6.07, 6.45) is 0. The van der Waals surface area contributed by atoms with Crippen molar-refractivity contribution in [2.45, 2.75) is 6.67 Å². The summed E-state index contributed by atoms with van der Waals surface area (Å²) in [6, 6.07) is 11.3. The van der Waals surface area contributed by atoms with Gasteiger partial charge in [0.25, 0.3) is 5.91 Å². The molecule has 0 unspecified atom stereocenters. The highest BCUT2D eigenvalue weighted by molar-refractivity contribution is 6.01. The normalized spacial score (nSPS) is 10.5. The van der Waals surface area contributed by atoms with Gasteiger partial charge in [0, 0.05) is 16.7 Å². The lowest BCUT2D eigenvalue weighted by atomic mass is 10.1. The fourth-order valence-electron chi connectivity index (χ4n) is 3.23. The van der Waals surface area contributed by atoms with Crippen LogP contribution in [-0.2, 0) is 6.67 Å². The van der Waals surface area contributed by atoms with E-state index in [2.05, 4.69) is 10.3 Å². The van der Waals surface area contributed by atoms with E-state index in [0.717, 1.165) is 6.07 Å². The second-order valence-electron chi connectivity index (χ2n) is 7.23. The summed E-state index contributed by atoms with van der Waals surface area (Å²) in [4.78, 5) is 29.6. The SMILES string of the molecule is COc1cc(C(=O)NCC(=O)c2ccc(OC)c(-c3ccc(F)c(CF)c3)n2)ccc1OCCO. The Morgan fingerprint density at radius 3 is 2.43 bits per heavy atom. The van der Waals surface area contributed by atoms with Crippen LogP contribution < -0.4 is 19.5 Å². The number of hydrogen-bond acceptors (Lipinski definition) is 7. The minimum Gasteiger partial charge on any atom is -0.494 e. The number of alkyl halides is 1. The average molecular weight is 486 g/mol. The van der Waals surface area contributed by atoms with Gasteiger partial charge in [-0.3, -0.25) is 9.59 Å². The van der Waals surface area contributed by atoms with Crippen molar-refractivity contribution in [1.82, 2.24) is 10.3 Å². The van der Waals surface area contributed by atoms with Crippen LogP contribution in [0.15, 0.2) is 48.5 Å². The minimum atomic E-state index is -0.994. The Kier molecular flexibility index (Phi) is 8.69. The number of halogens is 2. The second kappa shape index (κ2) is 11.9. The first-order valence-corrected chi connectivity index (χ1v) is 10.5. The number of pyridine rings is 1. The topological polar surface area (TPSA) is 107 Å². The van der Waals surface area contributed by atoms with E-state index in [9.17, 15) is 18.4 Å². The number of amides is 1. The zero-order valence-electron chi connectivity index (χ0n) is 19.1. The van der Waals surface area contributed by atoms with Crippen LogP contribution in [-0.4, -0.2) is 55.8 Å². The second-order valence-corrected chi connectivity index (χ2v) is 7.23. The molecule has 35 heavy (non-hydrogen) atoms. The van der Waals surface area contributed by atoms with E-state index in [0.29, 0.717) is 22.8 Å². The van der Waals surface area contributed by atoms with Crippen molar-refractivity contribution in [3.63, 3.8) is 0 Å². The first-order chi connectivity index (χ1) is 16.9. The molecule has 2 N–H and O–H groups in total. The zero-order chi connectivity index (χ0) is 25.4. The Morgan fingerprint density at radius 1 is 1.00 bits per heavy atom. The number of carbonyl (C=O) groups is 2. The van der Waals surface area contributed by atoms with Crippen LogP contribution in [0.25, 0.3) is 11.3 Å². The number of nitrogens with zero attached hydrogens (tertiary/aromatic N) is 1. The molecule has 0 atom stereocenters. The van der Waals surface area contributed by atoms with Crippen molar-refractivity contribution in [3.8, 4) is 28.5 Å². The van der Waals surface area contributed by atoms with E-state index in [1.165, 1.54) is 56.7 Å². The number of methoxy groups -OCH3 is 2. The Morgan fingerprint density at radius 2 is 1.74 bits per heavy atom. The number of aliphatic hydroxyl groups excluding tert-OH is 1. The molecule has 0 aliphatic rings. The average Bonchev–Trinajstić information content (AvgIpc) is 2.90. The summed E-state index contributed by atoms with van der Waals surface area (Å²) in [7, 11) is 2.83. The van der Waals surface area contributed by atoms with Crippen LogP contribution >= 0.6 is 0 Å². The van der Waals surface area contributed by atoms with Gasteiger partial charge in [0.2, 0.25) is 0 Å². The Labute approximate surface area is 200 Å². The van der Waals surface area contributed by atoms with Crippen LogP contribution in [0.5, 0.6) is 17.2 Å². The van der Waals surface area contributed by atoms with E-state index in [1.807, 2.05) is 0 Å². The molecule has 1 aromatic heterocycles. The molecule has 0 bridgehead atoms. The molecule has 1 amide bonds. The molecular formula is C25H24F2N2O6. The molecule has 10 heteroatoms. The van der Waals surface area contributed by atoms with E-state index in [4.69, 9.17) is 19.3 Å². The van der Waals surface area contributed by atoms with E-state index >= 15 is 0 Å². The van der Waals surface area contributed by atoms with Crippen molar-refractivity contribution in [2.24, 2.45) is 0 Å². The smallest absolute Gasteiger partial charge is 0.251 e. The van der Waals surface area contributed by atoms with Gasteiger partial charge in [0.05, 0.1) is 27.4 Å². The molecule has 0 aliphatic heterocycles. The summed E-state index contributed by atoms with van der Waals surface area (Å²) in [6.45, 7) is -1.44. The van der Waals surface area contributed by atoms with Gasteiger partial charge in [-0.1, -0.05) is 0 Å². The van der Waals surface area contributed by atoms with Gasteiger partial charge in [-0.2, -0.15) is 0 Å². The van der Waals surface area contributed by atoms with Gasteiger partial charge in [0.15, 0.2) is 17.3 Å². The highest BCUT2D eigenvalue weighted by Gasteiger charge is 2.17. The van der Waals surface area contributed by atoms with Gasteiger partial charge in [-0.05, 0) is 48.5 Å². The lowest BCUT2D eigenvalue weighted by Gasteiger charge is -2.12. The third-order valence-electron chi connectivity index (χ3n) is 5.01. The summed E-state index contributed by atoms with van der Waals surface area (Å²) < 4.78 is 42.6.